The molecule has 3 heteroatoms. The van der Waals surface area contributed by atoms with Gasteiger partial charge in [0, 0.05) is 16.3 Å². The summed E-state index contributed by atoms with van der Waals surface area (Å²) in [6, 6.07) is 10.1. The first-order chi connectivity index (χ1) is 7.65. The molecular formula is C13H12Cl2S. The Morgan fingerprint density at radius 1 is 1.31 bits per heavy atom. The molecule has 0 aliphatic heterocycles. The Kier molecular flexibility index (Phi) is 3.91. The summed E-state index contributed by atoms with van der Waals surface area (Å²) in [5.74, 6) is 0. The molecule has 2 aromatic rings. The van der Waals surface area contributed by atoms with Gasteiger partial charge in [-0.3, -0.25) is 0 Å². The molecule has 0 fully saturated rings. The van der Waals surface area contributed by atoms with E-state index in [0.717, 1.165) is 22.6 Å². The van der Waals surface area contributed by atoms with E-state index in [9.17, 15) is 0 Å². The van der Waals surface area contributed by atoms with Crippen LogP contribution < -0.4 is 0 Å². The van der Waals surface area contributed by atoms with Crippen molar-refractivity contribution < 1.29 is 0 Å². The number of halogens is 2. The van der Waals surface area contributed by atoms with Gasteiger partial charge in [-0.2, -0.15) is 0 Å². The minimum atomic E-state index is -0.00366. The van der Waals surface area contributed by atoms with Gasteiger partial charge in [-0.25, -0.2) is 0 Å². The summed E-state index contributed by atoms with van der Waals surface area (Å²) < 4.78 is 0. The molecule has 0 spiro atoms. The van der Waals surface area contributed by atoms with Gasteiger partial charge in [0.25, 0.3) is 0 Å². The Hall–Kier alpha value is -0.500. The summed E-state index contributed by atoms with van der Waals surface area (Å²) in [5, 5.41) is 2.82. The quantitative estimate of drug-likeness (QED) is 0.670. The van der Waals surface area contributed by atoms with Crippen LogP contribution in [0.15, 0.2) is 35.7 Å². The van der Waals surface area contributed by atoms with Gasteiger partial charge in [-0.05, 0) is 41.6 Å². The van der Waals surface area contributed by atoms with Crippen molar-refractivity contribution in [3.8, 4) is 0 Å². The monoisotopic (exact) mass is 270 g/mol. The topological polar surface area (TPSA) is 0 Å². The van der Waals surface area contributed by atoms with Crippen molar-refractivity contribution in [3.05, 3.63) is 56.7 Å². The predicted molar refractivity (Wildman–Crippen MR) is 72.8 cm³/mol. The van der Waals surface area contributed by atoms with Gasteiger partial charge in [0.1, 0.15) is 0 Å². The Morgan fingerprint density at radius 2 is 2.12 bits per heavy atom. The van der Waals surface area contributed by atoms with Crippen molar-refractivity contribution in [2.45, 2.75) is 18.7 Å². The van der Waals surface area contributed by atoms with Crippen LogP contribution in [0.25, 0.3) is 0 Å². The van der Waals surface area contributed by atoms with E-state index in [2.05, 4.69) is 17.5 Å². The second-order valence-electron chi connectivity index (χ2n) is 3.81. The molecule has 0 radical (unpaired) electrons. The predicted octanol–water partition coefficient (Wildman–Crippen LogP) is 5.23. The van der Waals surface area contributed by atoms with Crippen LogP contribution in [0, 0.1) is 6.92 Å². The molecule has 0 amide bonds. The Bertz CT molecular complexity index is 443. The molecule has 0 aliphatic rings. The maximum atomic E-state index is 6.39. The molecular weight excluding hydrogens is 259 g/mol. The zero-order chi connectivity index (χ0) is 11.5. The number of rotatable bonds is 3. The fourth-order valence-corrected chi connectivity index (χ4v) is 3.10. The summed E-state index contributed by atoms with van der Waals surface area (Å²) in [4.78, 5) is 1.30. The molecule has 2 rings (SSSR count). The highest BCUT2D eigenvalue weighted by atomic mass is 35.5. The number of hydrogen-bond acceptors (Lipinski definition) is 1. The number of hydrogen-bond donors (Lipinski definition) is 0. The molecule has 0 saturated carbocycles. The maximum absolute atomic E-state index is 6.39. The molecule has 16 heavy (non-hydrogen) atoms. The fraction of sp³-hybridized carbons (Fsp3) is 0.231. The third kappa shape index (κ3) is 3.00. The van der Waals surface area contributed by atoms with Crippen molar-refractivity contribution >= 4 is 34.5 Å². The van der Waals surface area contributed by atoms with Crippen molar-refractivity contribution in [3.63, 3.8) is 0 Å². The van der Waals surface area contributed by atoms with Crippen LogP contribution in [-0.2, 0) is 6.42 Å². The zero-order valence-corrected chi connectivity index (χ0v) is 11.2. The first-order valence-electron chi connectivity index (χ1n) is 5.08. The minimum Gasteiger partial charge on any atom is -0.149 e. The molecule has 1 atom stereocenters. The highest BCUT2D eigenvalue weighted by molar-refractivity contribution is 7.09. The Labute approximate surface area is 110 Å². The minimum absolute atomic E-state index is 0.00366. The van der Waals surface area contributed by atoms with Gasteiger partial charge >= 0.3 is 0 Å². The van der Waals surface area contributed by atoms with Crippen LogP contribution in [0.5, 0.6) is 0 Å². The lowest BCUT2D eigenvalue weighted by Crippen LogP contribution is -1.94. The highest BCUT2D eigenvalue weighted by Crippen LogP contribution is 2.29. The molecule has 0 saturated heterocycles. The first-order valence-corrected chi connectivity index (χ1v) is 6.78. The Morgan fingerprint density at radius 3 is 2.75 bits per heavy atom. The van der Waals surface area contributed by atoms with E-state index < -0.39 is 0 Å². The molecule has 0 nitrogen and oxygen atoms in total. The van der Waals surface area contributed by atoms with Gasteiger partial charge < -0.3 is 0 Å². The fourth-order valence-electron chi connectivity index (χ4n) is 1.67. The number of thiophene rings is 1. The van der Waals surface area contributed by atoms with Gasteiger partial charge in [-0.1, -0.05) is 23.7 Å². The molecule has 1 aromatic heterocycles. The molecule has 1 aromatic carbocycles. The third-order valence-electron chi connectivity index (χ3n) is 2.39. The van der Waals surface area contributed by atoms with Gasteiger partial charge in [-0.15, -0.1) is 22.9 Å². The normalized spacial score (nSPS) is 12.7. The van der Waals surface area contributed by atoms with Crippen molar-refractivity contribution in [2.75, 3.05) is 0 Å². The van der Waals surface area contributed by atoms with E-state index in [-0.39, 0.29) is 5.38 Å². The van der Waals surface area contributed by atoms with Crippen LogP contribution in [0.1, 0.15) is 21.4 Å². The number of alkyl halides is 1. The van der Waals surface area contributed by atoms with Gasteiger partial charge in [0.05, 0.1) is 5.38 Å². The van der Waals surface area contributed by atoms with Crippen molar-refractivity contribution in [2.24, 2.45) is 0 Å². The van der Waals surface area contributed by atoms with Crippen LogP contribution in [0.2, 0.25) is 5.02 Å². The molecule has 1 heterocycles. The second kappa shape index (κ2) is 5.22. The molecule has 0 aliphatic carbocycles. The second-order valence-corrected chi connectivity index (χ2v) is 5.81. The lowest BCUT2D eigenvalue weighted by atomic mass is 10.1. The summed E-state index contributed by atoms with van der Waals surface area (Å²) in [5.41, 5.74) is 2.25. The van der Waals surface area contributed by atoms with Crippen LogP contribution in [0.4, 0.5) is 0 Å². The highest BCUT2D eigenvalue weighted by Gasteiger charge is 2.10. The largest absolute Gasteiger partial charge is 0.149 e. The standard InChI is InChI=1S/C13H12Cl2S/c1-9-5-10(7-11(14)6-9)13(15)8-12-3-2-4-16-12/h2-7,13H,8H2,1H3. The molecule has 84 valence electrons. The smallest absolute Gasteiger partial charge is 0.0634 e. The van der Waals surface area contributed by atoms with Crippen LogP contribution >= 0.6 is 34.5 Å². The van der Waals surface area contributed by atoms with E-state index >= 15 is 0 Å². The number of benzene rings is 1. The zero-order valence-electron chi connectivity index (χ0n) is 8.91. The summed E-state index contributed by atoms with van der Waals surface area (Å²) in [7, 11) is 0. The van der Waals surface area contributed by atoms with Gasteiger partial charge in [0.2, 0.25) is 0 Å². The van der Waals surface area contributed by atoms with E-state index in [4.69, 9.17) is 23.2 Å². The van der Waals surface area contributed by atoms with E-state index in [1.807, 2.05) is 25.1 Å². The summed E-state index contributed by atoms with van der Waals surface area (Å²) in [6.45, 7) is 2.03. The van der Waals surface area contributed by atoms with E-state index in [0.29, 0.717) is 0 Å². The Balaban J connectivity index is 2.17. The van der Waals surface area contributed by atoms with Gasteiger partial charge in [0.15, 0.2) is 0 Å². The molecule has 0 N–H and O–H groups in total. The average molecular weight is 271 g/mol. The van der Waals surface area contributed by atoms with Crippen LogP contribution in [0.3, 0.4) is 0 Å². The summed E-state index contributed by atoms with van der Waals surface area (Å²) >= 11 is 14.1. The number of aryl methyl sites for hydroxylation is 1. The van der Waals surface area contributed by atoms with Crippen molar-refractivity contribution in [1.29, 1.82) is 0 Å². The average Bonchev–Trinajstić information content (AvgIpc) is 2.68. The van der Waals surface area contributed by atoms with E-state index in [1.165, 1.54) is 4.88 Å². The molecule has 1 unspecified atom stereocenters. The SMILES string of the molecule is Cc1cc(Cl)cc(C(Cl)Cc2cccs2)c1. The lowest BCUT2D eigenvalue weighted by Gasteiger charge is -2.10. The maximum Gasteiger partial charge on any atom is 0.0634 e. The van der Waals surface area contributed by atoms with Crippen LogP contribution in [-0.4, -0.2) is 0 Å². The molecule has 0 bridgehead atoms. The third-order valence-corrected chi connectivity index (χ3v) is 3.91. The lowest BCUT2D eigenvalue weighted by molar-refractivity contribution is 0.936. The first kappa shape index (κ1) is 12.0. The summed E-state index contributed by atoms with van der Waals surface area (Å²) in [6.07, 6.45) is 0.860. The van der Waals surface area contributed by atoms with Crippen molar-refractivity contribution in [1.82, 2.24) is 0 Å². The van der Waals surface area contributed by atoms with E-state index in [1.54, 1.807) is 11.3 Å².